The molecule has 4 rings (SSSR count). The molecule has 0 N–H and O–H groups in total. The van der Waals surface area contributed by atoms with Crippen molar-refractivity contribution in [2.24, 2.45) is 5.92 Å². The van der Waals surface area contributed by atoms with Gasteiger partial charge in [0.05, 0.1) is 5.69 Å². The van der Waals surface area contributed by atoms with Crippen molar-refractivity contribution in [3.63, 3.8) is 0 Å². The molecule has 130 valence electrons. The first-order valence-electron chi connectivity index (χ1n) is 9.32. The van der Waals surface area contributed by atoms with E-state index in [2.05, 4.69) is 26.9 Å². The van der Waals surface area contributed by atoms with E-state index in [0.717, 1.165) is 64.2 Å². The smallest absolute Gasteiger partial charge is 0.222 e. The van der Waals surface area contributed by atoms with E-state index in [1.54, 1.807) is 0 Å². The summed E-state index contributed by atoms with van der Waals surface area (Å²) in [5.41, 5.74) is 1.13. The summed E-state index contributed by atoms with van der Waals surface area (Å²) < 4.78 is 5.47. The van der Waals surface area contributed by atoms with E-state index >= 15 is 0 Å². The summed E-state index contributed by atoms with van der Waals surface area (Å²) in [6, 6.07) is 7.02. The number of pyridine rings is 1. The standard InChI is InChI=1S/C19H27N3O2/c23-19-5-4-17-18(22(19)13-15-7-11-24-12-8-15)6-10-21(17)14-16-3-1-2-9-20-16/h1-3,9,15,17-18H,4-8,10-14H2/t17-,18-/m0/s1. The second-order valence-corrected chi connectivity index (χ2v) is 7.36. The maximum absolute atomic E-state index is 12.5. The summed E-state index contributed by atoms with van der Waals surface area (Å²) in [5.74, 6) is 0.980. The Hall–Kier alpha value is -1.46. The van der Waals surface area contributed by atoms with Gasteiger partial charge in [-0.05, 0) is 43.7 Å². The van der Waals surface area contributed by atoms with Crippen LogP contribution >= 0.6 is 0 Å². The van der Waals surface area contributed by atoms with Gasteiger partial charge < -0.3 is 9.64 Å². The third-order valence-electron chi connectivity index (χ3n) is 5.89. The Bertz CT molecular complexity index is 559. The number of fused-ring (bicyclic) bond motifs is 1. The maximum atomic E-state index is 12.5. The molecule has 4 heterocycles. The molecule has 24 heavy (non-hydrogen) atoms. The van der Waals surface area contributed by atoms with Crippen LogP contribution in [0.1, 0.15) is 37.8 Å². The van der Waals surface area contributed by atoms with Crippen LogP contribution in [-0.4, -0.2) is 59.1 Å². The van der Waals surface area contributed by atoms with E-state index in [0.29, 0.717) is 30.3 Å². The summed E-state index contributed by atoms with van der Waals surface area (Å²) in [6.07, 6.45) is 6.86. The first kappa shape index (κ1) is 16.0. The lowest BCUT2D eigenvalue weighted by Crippen LogP contribution is -2.53. The molecule has 1 amide bonds. The predicted molar refractivity (Wildman–Crippen MR) is 91.3 cm³/mol. The minimum absolute atomic E-state index is 0.363. The van der Waals surface area contributed by atoms with Crippen LogP contribution in [0.4, 0.5) is 0 Å². The fourth-order valence-electron chi connectivity index (χ4n) is 4.58. The Morgan fingerprint density at radius 3 is 2.79 bits per heavy atom. The fraction of sp³-hybridized carbons (Fsp3) is 0.684. The van der Waals surface area contributed by atoms with Crippen LogP contribution in [0.15, 0.2) is 24.4 Å². The lowest BCUT2D eigenvalue weighted by molar-refractivity contribution is -0.139. The zero-order chi connectivity index (χ0) is 16.4. The highest BCUT2D eigenvalue weighted by Crippen LogP contribution is 2.33. The monoisotopic (exact) mass is 329 g/mol. The molecule has 5 heteroatoms. The molecule has 1 aromatic heterocycles. The summed E-state index contributed by atoms with van der Waals surface area (Å²) in [6.45, 7) is 4.62. The fourth-order valence-corrected chi connectivity index (χ4v) is 4.58. The van der Waals surface area contributed by atoms with Crippen LogP contribution < -0.4 is 0 Å². The van der Waals surface area contributed by atoms with Crippen LogP contribution in [0, 0.1) is 5.92 Å². The van der Waals surface area contributed by atoms with Crippen molar-refractivity contribution in [2.75, 3.05) is 26.3 Å². The van der Waals surface area contributed by atoms with Gasteiger partial charge in [-0.1, -0.05) is 6.07 Å². The van der Waals surface area contributed by atoms with E-state index in [4.69, 9.17) is 4.74 Å². The molecule has 3 aliphatic rings. The van der Waals surface area contributed by atoms with Crippen molar-refractivity contribution in [3.8, 4) is 0 Å². The zero-order valence-electron chi connectivity index (χ0n) is 14.3. The molecule has 2 atom stereocenters. The molecular formula is C19H27N3O2. The van der Waals surface area contributed by atoms with Crippen LogP contribution in [0.3, 0.4) is 0 Å². The number of nitrogens with zero attached hydrogens (tertiary/aromatic N) is 3. The summed E-state index contributed by atoms with van der Waals surface area (Å²) >= 11 is 0. The Morgan fingerprint density at radius 1 is 1.12 bits per heavy atom. The topological polar surface area (TPSA) is 45.7 Å². The average molecular weight is 329 g/mol. The second kappa shape index (κ2) is 7.19. The predicted octanol–water partition coefficient (Wildman–Crippen LogP) is 2.07. The molecule has 3 saturated heterocycles. The molecule has 3 fully saturated rings. The molecule has 3 aliphatic heterocycles. The molecule has 0 bridgehead atoms. The molecule has 0 aromatic carbocycles. The van der Waals surface area contributed by atoms with Crippen molar-refractivity contribution in [3.05, 3.63) is 30.1 Å². The van der Waals surface area contributed by atoms with Gasteiger partial charge in [0, 0.05) is 57.5 Å². The number of carbonyl (C=O) groups is 1. The van der Waals surface area contributed by atoms with Gasteiger partial charge in [0.1, 0.15) is 0 Å². The van der Waals surface area contributed by atoms with E-state index in [1.165, 1.54) is 0 Å². The van der Waals surface area contributed by atoms with E-state index in [1.807, 2.05) is 12.3 Å². The van der Waals surface area contributed by atoms with Crippen LogP contribution in [0.5, 0.6) is 0 Å². The number of hydrogen-bond donors (Lipinski definition) is 0. The third kappa shape index (κ3) is 3.33. The molecular weight excluding hydrogens is 302 g/mol. The average Bonchev–Trinajstić information content (AvgIpc) is 3.02. The van der Waals surface area contributed by atoms with E-state index in [9.17, 15) is 4.79 Å². The van der Waals surface area contributed by atoms with Crippen LogP contribution in [0.25, 0.3) is 0 Å². The lowest BCUT2D eigenvalue weighted by Gasteiger charge is -2.42. The Labute approximate surface area is 144 Å². The molecule has 1 aromatic rings. The molecule has 0 aliphatic carbocycles. The lowest BCUT2D eigenvalue weighted by atomic mass is 9.92. The van der Waals surface area contributed by atoms with Crippen LogP contribution in [-0.2, 0) is 16.1 Å². The SMILES string of the molecule is O=C1CC[C@H]2[C@H](CCN2Cc2ccccn2)N1CC1CCOCC1. The Morgan fingerprint density at radius 2 is 2.00 bits per heavy atom. The summed E-state index contributed by atoms with van der Waals surface area (Å²) in [5, 5.41) is 0. The highest BCUT2D eigenvalue weighted by molar-refractivity contribution is 5.77. The van der Waals surface area contributed by atoms with Gasteiger partial charge in [-0.3, -0.25) is 14.7 Å². The number of likely N-dealkylation sites (tertiary alicyclic amines) is 2. The Balaban J connectivity index is 1.42. The first-order chi connectivity index (χ1) is 11.8. The minimum atomic E-state index is 0.363. The number of carbonyl (C=O) groups excluding carboxylic acids is 1. The highest BCUT2D eigenvalue weighted by atomic mass is 16.5. The molecule has 0 radical (unpaired) electrons. The quantitative estimate of drug-likeness (QED) is 0.848. The van der Waals surface area contributed by atoms with Crippen molar-refractivity contribution < 1.29 is 9.53 Å². The van der Waals surface area contributed by atoms with Gasteiger partial charge in [0.25, 0.3) is 0 Å². The second-order valence-electron chi connectivity index (χ2n) is 7.36. The number of ether oxygens (including phenoxy) is 1. The van der Waals surface area contributed by atoms with Gasteiger partial charge in [-0.15, -0.1) is 0 Å². The van der Waals surface area contributed by atoms with E-state index < -0.39 is 0 Å². The third-order valence-corrected chi connectivity index (χ3v) is 5.89. The summed E-state index contributed by atoms with van der Waals surface area (Å²) in [7, 11) is 0. The van der Waals surface area contributed by atoms with Crippen LogP contribution in [0.2, 0.25) is 0 Å². The van der Waals surface area contributed by atoms with Crippen molar-refractivity contribution >= 4 is 5.91 Å². The maximum Gasteiger partial charge on any atom is 0.222 e. The normalized spacial score (nSPS) is 29.0. The molecule has 0 saturated carbocycles. The van der Waals surface area contributed by atoms with Gasteiger partial charge >= 0.3 is 0 Å². The van der Waals surface area contributed by atoms with E-state index in [-0.39, 0.29) is 0 Å². The number of hydrogen-bond acceptors (Lipinski definition) is 4. The zero-order valence-corrected chi connectivity index (χ0v) is 14.3. The number of amides is 1. The minimum Gasteiger partial charge on any atom is -0.381 e. The first-order valence-corrected chi connectivity index (χ1v) is 9.32. The number of piperidine rings is 1. The summed E-state index contributed by atoms with van der Waals surface area (Å²) in [4.78, 5) is 21.8. The van der Waals surface area contributed by atoms with Crippen molar-refractivity contribution in [2.45, 2.75) is 50.7 Å². The van der Waals surface area contributed by atoms with Crippen molar-refractivity contribution in [1.82, 2.24) is 14.8 Å². The van der Waals surface area contributed by atoms with Gasteiger partial charge in [0.2, 0.25) is 5.91 Å². The van der Waals surface area contributed by atoms with Gasteiger partial charge in [-0.25, -0.2) is 0 Å². The molecule has 0 unspecified atom stereocenters. The Kier molecular flexibility index (Phi) is 4.81. The van der Waals surface area contributed by atoms with Gasteiger partial charge in [-0.2, -0.15) is 0 Å². The van der Waals surface area contributed by atoms with Gasteiger partial charge in [0.15, 0.2) is 0 Å². The largest absolute Gasteiger partial charge is 0.381 e. The molecule has 0 spiro atoms. The number of aromatic nitrogens is 1. The highest BCUT2D eigenvalue weighted by Gasteiger charge is 2.43. The molecule has 5 nitrogen and oxygen atoms in total. The number of rotatable bonds is 4. The van der Waals surface area contributed by atoms with Crippen molar-refractivity contribution in [1.29, 1.82) is 0 Å².